The maximum atomic E-state index is 10.3. The van der Waals surface area contributed by atoms with Crippen LogP contribution < -0.4 is 0 Å². The largest absolute Gasteiger partial charge is 0.382 e. The van der Waals surface area contributed by atoms with Crippen LogP contribution in [0.3, 0.4) is 0 Å². The highest BCUT2D eigenvalue weighted by molar-refractivity contribution is 6.29. The van der Waals surface area contributed by atoms with E-state index in [1.165, 1.54) is 0 Å². The van der Waals surface area contributed by atoms with E-state index in [2.05, 4.69) is 4.98 Å². The molecule has 1 aromatic carbocycles. The van der Waals surface area contributed by atoms with Crippen molar-refractivity contribution in [3.63, 3.8) is 0 Å². The fourth-order valence-corrected chi connectivity index (χ4v) is 1.96. The van der Waals surface area contributed by atoms with Gasteiger partial charge in [-0.05, 0) is 37.1 Å². The summed E-state index contributed by atoms with van der Waals surface area (Å²) in [6, 6.07) is 11.3. The highest BCUT2D eigenvalue weighted by Crippen LogP contribution is 2.25. The highest BCUT2D eigenvalue weighted by atomic mass is 35.5. The van der Waals surface area contributed by atoms with Crippen molar-refractivity contribution in [2.45, 2.75) is 20.0 Å². The molecule has 0 amide bonds. The van der Waals surface area contributed by atoms with Crippen LogP contribution in [0.25, 0.3) is 0 Å². The molecule has 0 aliphatic carbocycles. The number of halogens is 1. The second-order valence-corrected chi connectivity index (χ2v) is 4.54. The third-order valence-electron chi connectivity index (χ3n) is 2.75. The SMILES string of the molecule is Cc1ccc(C)c(C(O)c2cccc(Cl)n2)c1. The van der Waals surface area contributed by atoms with E-state index in [1.807, 2.05) is 32.0 Å². The Bertz CT molecular complexity index is 539. The average Bonchev–Trinajstić information content (AvgIpc) is 2.31. The van der Waals surface area contributed by atoms with Crippen LogP contribution in [0.4, 0.5) is 0 Å². The van der Waals surface area contributed by atoms with E-state index in [9.17, 15) is 5.11 Å². The van der Waals surface area contributed by atoms with Gasteiger partial charge in [0.1, 0.15) is 11.3 Å². The number of aliphatic hydroxyl groups is 1. The summed E-state index contributed by atoms with van der Waals surface area (Å²) in [5.41, 5.74) is 3.61. The van der Waals surface area contributed by atoms with Crippen LogP contribution in [0.2, 0.25) is 5.15 Å². The molecule has 0 bridgehead atoms. The summed E-state index contributed by atoms with van der Waals surface area (Å²) >= 11 is 5.83. The van der Waals surface area contributed by atoms with Crippen LogP contribution in [-0.2, 0) is 0 Å². The van der Waals surface area contributed by atoms with E-state index in [4.69, 9.17) is 11.6 Å². The number of aryl methyl sites for hydroxylation is 2. The van der Waals surface area contributed by atoms with Gasteiger partial charge in [-0.15, -0.1) is 0 Å². The zero-order valence-electron chi connectivity index (χ0n) is 9.81. The van der Waals surface area contributed by atoms with E-state index in [-0.39, 0.29) is 0 Å². The Morgan fingerprint density at radius 1 is 1.18 bits per heavy atom. The maximum absolute atomic E-state index is 10.3. The van der Waals surface area contributed by atoms with Gasteiger partial charge in [0, 0.05) is 0 Å². The molecule has 0 spiro atoms. The summed E-state index contributed by atoms with van der Waals surface area (Å²) in [5, 5.41) is 10.7. The minimum absolute atomic E-state index is 0.395. The number of aliphatic hydroxyl groups excluding tert-OH is 1. The molecule has 0 aliphatic heterocycles. The summed E-state index contributed by atoms with van der Waals surface area (Å²) in [5.74, 6) is 0. The molecule has 1 unspecified atom stereocenters. The Hall–Kier alpha value is -1.38. The Morgan fingerprint density at radius 2 is 1.94 bits per heavy atom. The molecule has 3 heteroatoms. The fraction of sp³-hybridized carbons (Fsp3) is 0.214. The number of rotatable bonds is 2. The summed E-state index contributed by atoms with van der Waals surface area (Å²) < 4.78 is 0. The molecule has 0 aliphatic rings. The second-order valence-electron chi connectivity index (χ2n) is 4.15. The lowest BCUT2D eigenvalue weighted by molar-refractivity contribution is 0.214. The molecule has 0 saturated carbocycles. The number of hydrogen-bond acceptors (Lipinski definition) is 2. The topological polar surface area (TPSA) is 33.1 Å². The van der Waals surface area contributed by atoms with Crippen LogP contribution in [0.15, 0.2) is 36.4 Å². The van der Waals surface area contributed by atoms with E-state index >= 15 is 0 Å². The molecular weight excluding hydrogens is 234 g/mol. The van der Waals surface area contributed by atoms with Gasteiger partial charge in [-0.3, -0.25) is 0 Å². The number of benzene rings is 1. The lowest BCUT2D eigenvalue weighted by atomic mass is 9.98. The third kappa shape index (κ3) is 2.65. The first-order chi connectivity index (χ1) is 8.08. The monoisotopic (exact) mass is 247 g/mol. The average molecular weight is 248 g/mol. The molecule has 1 atom stereocenters. The van der Waals surface area contributed by atoms with Crippen molar-refractivity contribution < 1.29 is 5.11 Å². The maximum Gasteiger partial charge on any atom is 0.129 e. The van der Waals surface area contributed by atoms with E-state index in [0.29, 0.717) is 10.8 Å². The molecule has 1 heterocycles. The van der Waals surface area contributed by atoms with Gasteiger partial charge in [0.05, 0.1) is 5.69 Å². The van der Waals surface area contributed by atoms with Crippen LogP contribution >= 0.6 is 11.6 Å². The van der Waals surface area contributed by atoms with E-state index < -0.39 is 6.10 Å². The van der Waals surface area contributed by atoms with Gasteiger partial charge in [0.2, 0.25) is 0 Å². The number of pyridine rings is 1. The van der Waals surface area contributed by atoms with E-state index in [1.54, 1.807) is 18.2 Å². The van der Waals surface area contributed by atoms with Gasteiger partial charge < -0.3 is 5.11 Å². The van der Waals surface area contributed by atoms with Crippen molar-refractivity contribution in [3.05, 3.63) is 63.9 Å². The van der Waals surface area contributed by atoms with Crippen molar-refractivity contribution in [1.82, 2.24) is 4.98 Å². The molecule has 0 fully saturated rings. The molecule has 2 rings (SSSR count). The van der Waals surface area contributed by atoms with Crippen molar-refractivity contribution in [2.24, 2.45) is 0 Å². The summed E-state index contributed by atoms with van der Waals surface area (Å²) in [6.07, 6.45) is -0.728. The smallest absolute Gasteiger partial charge is 0.129 e. The lowest BCUT2D eigenvalue weighted by Crippen LogP contribution is -2.04. The third-order valence-corrected chi connectivity index (χ3v) is 2.96. The highest BCUT2D eigenvalue weighted by Gasteiger charge is 2.14. The van der Waals surface area contributed by atoms with Gasteiger partial charge in [-0.25, -0.2) is 4.98 Å². The first kappa shape index (κ1) is 12.1. The summed E-state index contributed by atoms with van der Waals surface area (Å²) in [6.45, 7) is 3.98. The lowest BCUT2D eigenvalue weighted by Gasteiger charge is -2.14. The van der Waals surface area contributed by atoms with Crippen LogP contribution in [0.1, 0.15) is 28.5 Å². The van der Waals surface area contributed by atoms with Gasteiger partial charge in [0.15, 0.2) is 0 Å². The predicted octanol–water partition coefficient (Wildman–Crippen LogP) is 3.43. The quantitative estimate of drug-likeness (QED) is 0.825. The number of aromatic nitrogens is 1. The predicted molar refractivity (Wildman–Crippen MR) is 69.2 cm³/mol. The minimum Gasteiger partial charge on any atom is -0.382 e. The van der Waals surface area contributed by atoms with Gasteiger partial charge >= 0.3 is 0 Å². The molecular formula is C14H14ClNO. The molecule has 1 N–H and O–H groups in total. The molecule has 2 nitrogen and oxygen atoms in total. The van der Waals surface area contributed by atoms with Crippen molar-refractivity contribution in [3.8, 4) is 0 Å². The van der Waals surface area contributed by atoms with Crippen LogP contribution in [0.5, 0.6) is 0 Å². The molecule has 17 heavy (non-hydrogen) atoms. The van der Waals surface area contributed by atoms with Gasteiger partial charge in [-0.1, -0.05) is 41.4 Å². The normalized spacial score (nSPS) is 12.5. The zero-order valence-corrected chi connectivity index (χ0v) is 10.6. The molecule has 88 valence electrons. The zero-order chi connectivity index (χ0) is 12.4. The molecule has 1 aromatic heterocycles. The Morgan fingerprint density at radius 3 is 2.65 bits per heavy atom. The van der Waals surface area contributed by atoms with Crippen LogP contribution in [0, 0.1) is 13.8 Å². The first-order valence-corrected chi connectivity index (χ1v) is 5.83. The first-order valence-electron chi connectivity index (χ1n) is 5.45. The molecule has 0 radical (unpaired) electrons. The van der Waals surface area contributed by atoms with Crippen molar-refractivity contribution >= 4 is 11.6 Å². The Balaban J connectivity index is 2.43. The van der Waals surface area contributed by atoms with Crippen LogP contribution in [-0.4, -0.2) is 10.1 Å². The van der Waals surface area contributed by atoms with Crippen molar-refractivity contribution in [2.75, 3.05) is 0 Å². The molecule has 2 aromatic rings. The Kier molecular flexibility index (Phi) is 3.46. The van der Waals surface area contributed by atoms with Crippen molar-refractivity contribution in [1.29, 1.82) is 0 Å². The molecule has 0 saturated heterocycles. The van der Waals surface area contributed by atoms with Gasteiger partial charge in [-0.2, -0.15) is 0 Å². The number of nitrogens with zero attached hydrogens (tertiary/aromatic N) is 1. The van der Waals surface area contributed by atoms with Gasteiger partial charge in [0.25, 0.3) is 0 Å². The van der Waals surface area contributed by atoms with E-state index in [0.717, 1.165) is 16.7 Å². The Labute approximate surface area is 106 Å². The summed E-state index contributed by atoms with van der Waals surface area (Å²) in [4.78, 5) is 4.14. The standard InChI is InChI=1S/C14H14ClNO/c1-9-6-7-10(2)11(8-9)14(17)12-4-3-5-13(15)16-12/h3-8,14,17H,1-2H3. The summed E-state index contributed by atoms with van der Waals surface area (Å²) in [7, 11) is 0. The number of hydrogen-bond donors (Lipinski definition) is 1. The minimum atomic E-state index is -0.728. The fourth-order valence-electron chi connectivity index (χ4n) is 1.79. The second kappa shape index (κ2) is 4.86.